The summed E-state index contributed by atoms with van der Waals surface area (Å²) in [5.74, 6) is -0.902. The van der Waals surface area contributed by atoms with Gasteiger partial charge in [-0.25, -0.2) is 12.8 Å². The van der Waals surface area contributed by atoms with E-state index in [1.807, 2.05) is 26.0 Å². The van der Waals surface area contributed by atoms with Crippen molar-refractivity contribution in [3.63, 3.8) is 0 Å². The van der Waals surface area contributed by atoms with Crippen LogP contribution in [0, 0.1) is 19.7 Å². The van der Waals surface area contributed by atoms with Gasteiger partial charge in [0.25, 0.3) is 5.91 Å². The lowest BCUT2D eigenvalue weighted by Crippen LogP contribution is -2.29. The summed E-state index contributed by atoms with van der Waals surface area (Å²) in [4.78, 5) is 12.2. The van der Waals surface area contributed by atoms with Crippen molar-refractivity contribution in [3.05, 3.63) is 94.8 Å². The molecular formula is C23H23FN2O3S. The lowest BCUT2D eigenvalue weighted by molar-refractivity contribution is 0.102. The molecule has 0 radical (unpaired) electrons. The topological polar surface area (TPSA) is 66.5 Å². The minimum absolute atomic E-state index is 0.166. The fourth-order valence-electron chi connectivity index (χ4n) is 2.97. The van der Waals surface area contributed by atoms with Crippen LogP contribution >= 0.6 is 0 Å². The summed E-state index contributed by atoms with van der Waals surface area (Å²) in [5, 5.41) is 2.70. The summed E-state index contributed by atoms with van der Waals surface area (Å²) in [7, 11) is -3.49. The number of nitrogens with one attached hydrogen (secondary N) is 1. The molecule has 0 atom stereocenters. The maximum absolute atomic E-state index is 13.3. The Labute approximate surface area is 176 Å². The summed E-state index contributed by atoms with van der Waals surface area (Å²) in [6.45, 7) is 4.08. The second-order valence-corrected chi connectivity index (χ2v) is 9.11. The van der Waals surface area contributed by atoms with Gasteiger partial charge in [0, 0.05) is 11.3 Å². The molecule has 7 heteroatoms. The molecule has 0 aliphatic rings. The van der Waals surface area contributed by atoms with Crippen LogP contribution in [0.15, 0.2) is 66.7 Å². The average Bonchev–Trinajstić information content (AvgIpc) is 2.68. The fourth-order valence-corrected chi connectivity index (χ4v) is 3.85. The molecule has 3 aromatic rings. The number of sulfonamides is 1. The van der Waals surface area contributed by atoms with Gasteiger partial charge < -0.3 is 5.32 Å². The zero-order valence-corrected chi connectivity index (χ0v) is 17.8. The van der Waals surface area contributed by atoms with Crippen molar-refractivity contribution in [2.75, 3.05) is 15.9 Å². The Hall–Kier alpha value is -3.19. The van der Waals surface area contributed by atoms with E-state index in [9.17, 15) is 17.6 Å². The number of amides is 1. The van der Waals surface area contributed by atoms with Crippen LogP contribution in [0.25, 0.3) is 0 Å². The summed E-state index contributed by atoms with van der Waals surface area (Å²) in [6, 6.07) is 17.8. The number of hydrogen-bond donors (Lipinski definition) is 1. The van der Waals surface area contributed by atoms with Gasteiger partial charge in [0.2, 0.25) is 10.0 Å². The van der Waals surface area contributed by atoms with E-state index in [0.29, 0.717) is 11.4 Å². The molecule has 0 heterocycles. The second kappa shape index (κ2) is 8.67. The van der Waals surface area contributed by atoms with Gasteiger partial charge in [0.1, 0.15) is 5.82 Å². The van der Waals surface area contributed by atoms with Crippen molar-refractivity contribution in [1.29, 1.82) is 0 Å². The molecule has 0 unspecified atom stereocenters. The third-order valence-electron chi connectivity index (χ3n) is 4.80. The highest BCUT2D eigenvalue weighted by Crippen LogP contribution is 2.24. The van der Waals surface area contributed by atoms with Gasteiger partial charge in [-0.05, 0) is 73.0 Å². The van der Waals surface area contributed by atoms with E-state index >= 15 is 0 Å². The lowest BCUT2D eigenvalue weighted by atomic mass is 10.1. The zero-order chi connectivity index (χ0) is 21.9. The van der Waals surface area contributed by atoms with Gasteiger partial charge in [0.05, 0.1) is 18.5 Å². The van der Waals surface area contributed by atoms with Crippen LogP contribution in [0.5, 0.6) is 0 Å². The third kappa shape index (κ3) is 5.24. The first kappa shape index (κ1) is 21.5. The van der Waals surface area contributed by atoms with Crippen LogP contribution in [0.3, 0.4) is 0 Å². The van der Waals surface area contributed by atoms with Gasteiger partial charge in [-0.2, -0.15) is 0 Å². The molecule has 0 aliphatic carbocycles. The number of halogens is 1. The third-order valence-corrected chi connectivity index (χ3v) is 5.94. The van der Waals surface area contributed by atoms with Crippen LogP contribution in [0.4, 0.5) is 15.8 Å². The Bertz CT molecular complexity index is 1180. The molecule has 30 heavy (non-hydrogen) atoms. The van der Waals surface area contributed by atoms with E-state index < -0.39 is 21.7 Å². The molecule has 3 aromatic carbocycles. The first-order chi connectivity index (χ1) is 14.1. The minimum Gasteiger partial charge on any atom is -0.322 e. The quantitative estimate of drug-likeness (QED) is 0.623. The average molecular weight is 427 g/mol. The second-order valence-electron chi connectivity index (χ2n) is 7.20. The standard InChI is InChI=1S/C23H23FN2O3S/c1-16-7-12-22(13-17(16)2)26(30(3,28)29)15-18-8-10-21(11-9-18)25-23(27)19-5-4-6-20(24)14-19/h4-14H,15H2,1-3H3,(H,25,27). The van der Waals surface area contributed by atoms with Crippen molar-refractivity contribution < 1.29 is 17.6 Å². The maximum atomic E-state index is 13.3. The monoisotopic (exact) mass is 426 g/mol. The molecular weight excluding hydrogens is 403 g/mol. The van der Waals surface area contributed by atoms with E-state index in [2.05, 4.69) is 5.32 Å². The highest BCUT2D eigenvalue weighted by atomic mass is 32.2. The molecule has 1 amide bonds. The number of carbonyl (C=O) groups excluding carboxylic acids is 1. The normalized spacial score (nSPS) is 11.2. The summed E-state index contributed by atoms with van der Waals surface area (Å²) in [5.41, 5.74) is 4.22. The molecule has 0 fully saturated rings. The van der Waals surface area contributed by atoms with Gasteiger partial charge in [-0.15, -0.1) is 0 Å². The Morgan fingerprint density at radius 3 is 2.27 bits per heavy atom. The number of hydrogen-bond acceptors (Lipinski definition) is 3. The Kier molecular flexibility index (Phi) is 6.22. The number of carbonyl (C=O) groups is 1. The fraction of sp³-hybridized carbons (Fsp3) is 0.174. The summed E-state index contributed by atoms with van der Waals surface area (Å²) >= 11 is 0. The maximum Gasteiger partial charge on any atom is 0.255 e. The highest BCUT2D eigenvalue weighted by Gasteiger charge is 2.18. The number of aryl methyl sites for hydroxylation is 2. The van der Waals surface area contributed by atoms with Gasteiger partial charge in [-0.3, -0.25) is 9.10 Å². The molecule has 1 N–H and O–H groups in total. The molecule has 5 nitrogen and oxygen atoms in total. The Balaban J connectivity index is 1.77. The Morgan fingerprint density at radius 2 is 1.67 bits per heavy atom. The van der Waals surface area contributed by atoms with Crippen LogP contribution < -0.4 is 9.62 Å². The van der Waals surface area contributed by atoms with E-state index in [1.165, 1.54) is 28.8 Å². The van der Waals surface area contributed by atoms with Crippen molar-refractivity contribution in [2.24, 2.45) is 0 Å². The van der Waals surface area contributed by atoms with Crippen molar-refractivity contribution in [3.8, 4) is 0 Å². The number of rotatable bonds is 6. The molecule has 0 aliphatic heterocycles. The first-order valence-electron chi connectivity index (χ1n) is 9.34. The predicted octanol–water partition coefficient (Wildman–Crippen LogP) is 4.66. The van der Waals surface area contributed by atoms with E-state index in [4.69, 9.17) is 0 Å². The van der Waals surface area contributed by atoms with Crippen LogP contribution in [0.2, 0.25) is 0 Å². The molecule has 0 saturated heterocycles. The minimum atomic E-state index is -3.49. The highest BCUT2D eigenvalue weighted by molar-refractivity contribution is 7.92. The Morgan fingerprint density at radius 1 is 0.967 bits per heavy atom. The van der Waals surface area contributed by atoms with Crippen molar-refractivity contribution >= 4 is 27.3 Å². The predicted molar refractivity (Wildman–Crippen MR) is 118 cm³/mol. The molecule has 0 saturated carbocycles. The van der Waals surface area contributed by atoms with Gasteiger partial charge >= 0.3 is 0 Å². The van der Waals surface area contributed by atoms with Crippen molar-refractivity contribution in [2.45, 2.75) is 20.4 Å². The molecule has 3 rings (SSSR count). The molecule has 0 bridgehead atoms. The summed E-state index contributed by atoms with van der Waals surface area (Å²) < 4.78 is 39.4. The smallest absolute Gasteiger partial charge is 0.255 e. The summed E-state index contributed by atoms with van der Waals surface area (Å²) in [6.07, 6.45) is 1.18. The molecule has 0 aromatic heterocycles. The van der Waals surface area contributed by atoms with Crippen LogP contribution in [-0.4, -0.2) is 20.6 Å². The van der Waals surface area contributed by atoms with E-state index in [-0.39, 0.29) is 12.1 Å². The number of benzene rings is 3. The van der Waals surface area contributed by atoms with Crippen LogP contribution in [0.1, 0.15) is 27.0 Å². The zero-order valence-electron chi connectivity index (χ0n) is 17.0. The largest absolute Gasteiger partial charge is 0.322 e. The van der Waals surface area contributed by atoms with E-state index in [0.717, 1.165) is 22.8 Å². The SMILES string of the molecule is Cc1ccc(N(Cc2ccc(NC(=O)c3cccc(F)c3)cc2)S(C)(=O)=O)cc1C. The number of anilines is 2. The van der Waals surface area contributed by atoms with Crippen LogP contribution in [-0.2, 0) is 16.6 Å². The van der Waals surface area contributed by atoms with Gasteiger partial charge in [0.15, 0.2) is 0 Å². The van der Waals surface area contributed by atoms with Crippen molar-refractivity contribution in [1.82, 2.24) is 0 Å². The molecule has 156 valence electrons. The molecule has 0 spiro atoms. The first-order valence-corrected chi connectivity index (χ1v) is 11.2. The lowest BCUT2D eigenvalue weighted by Gasteiger charge is -2.23. The number of nitrogens with zero attached hydrogens (tertiary/aromatic N) is 1. The van der Waals surface area contributed by atoms with E-state index in [1.54, 1.807) is 30.3 Å². The van der Waals surface area contributed by atoms with Gasteiger partial charge in [-0.1, -0.05) is 24.3 Å².